The molecule has 0 unspecified atom stereocenters. The molecule has 0 radical (unpaired) electrons. The lowest BCUT2D eigenvalue weighted by Gasteiger charge is -2.17. The fourth-order valence-corrected chi connectivity index (χ4v) is 1.77. The van der Waals surface area contributed by atoms with Crippen LogP contribution in [-0.4, -0.2) is 18.3 Å². The summed E-state index contributed by atoms with van der Waals surface area (Å²) < 4.78 is 35.9. The lowest BCUT2D eigenvalue weighted by molar-refractivity contribution is -2.00. The van der Waals surface area contributed by atoms with E-state index in [0.29, 0.717) is 0 Å². The molecule has 0 atom stereocenters. The molecule has 0 aliphatic heterocycles. The van der Waals surface area contributed by atoms with Crippen molar-refractivity contribution in [2.45, 2.75) is 20.8 Å². The molecule has 0 saturated carbocycles. The molecule has 0 bridgehead atoms. The Bertz CT molecular complexity index is 383. The molecule has 0 aliphatic carbocycles. The number of halogens is 1. The minimum Gasteiger partial charge on any atom is -0.222 e. The monoisotopic (exact) mass is 261 g/mol. The average molecular weight is 262 g/mol. The number of rotatable bonds is 1. The van der Waals surface area contributed by atoms with Crippen molar-refractivity contribution in [1.29, 1.82) is 0 Å². The highest BCUT2D eigenvalue weighted by Gasteiger charge is 2.09. The van der Waals surface area contributed by atoms with Gasteiger partial charge in [-0.1, -0.05) is 5.56 Å². The molecule has 1 aromatic carbocycles. The van der Waals surface area contributed by atoms with Gasteiger partial charge >= 0.3 is 0 Å². The van der Waals surface area contributed by atoms with Gasteiger partial charge in [0.25, 0.3) is 0 Å². The van der Waals surface area contributed by atoms with Crippen LogP contribution in [0.3, 0.4) is 0 Å². The molecule has 5 nitrogen and oxygen atoms in total. The highest BCUT2D eigenvalue weighted by atomic mass is 35.7. The summed E-state index contributed by atoms with van der Waals surface area (Å²) in [6.45, 7) is 10.3. The number of hydrogen-bond acceptors (Lipinski definition) is 4. The quantitative estimate of drug-likeness (QED) is 0.425. The molecule has 0 aromatic heterocycles. The fraction of sp³-hybridized carbons (Fsp3) is 0.364. The Balaban J connectivity index is 0.000000437. The summed E-state index contributed by atoms with van der Waals surface area (Å²) in [6.07, 6.45) is 0. The van der Waals surface area contributed by atoms with Gasteiger partial charge in [-0.15, -0.1) is 10.2 Å². The smallest absolute Gasteiger partial charge is 0.210 e. The first-order valence-corrected chi connectivity index (χ1v) is 5.99. The third kappa shape index (κ3) is 7.04. The van der Waals surface area contributed by atoms with Gasteiger partial charge < -0.3 is 0 Å². The van der Waals surface area contributed by atoms with E-state index in [9.17, 15) is 0 Å². The predicted molar refractivity (Wildman–Crippen MR) is 53.6 cm³/mol. The van der Waals surface area contributed by atoms with Gasteiger partial charge in [0.2, 0.25) is 5.69 Å². The molecule has 0 fully saturated rings. The van der Waals surface area contributed by atoms with E-state index in [4.69, 9.17) is 18.6 Å². The standard InChI is InChI=1S/C11H16N.ClHO4/c1-8-6-9(2)11(12(4)5)10(3)7-8;2-1(3,4)5/h6-7H,4H2,1-3,5H3;(H,2,3,4,5)/q+1;/p-1. The van der Waals surface area contributed by atoms with Crippen molar-refractivity contribution >= 4 is 12.4 Å². The second kappa shape index (κ2) is 6.09. The van der Waals surface area contributed by atoms with E-state index in [-0.39, 0.29) is 0 Å². The van der Waals surface area contributed by atoms with Crippen LogP contribution in [0.4, 0.5) is 5.69 Å². The van der Waals surface area contributed by atoms with Crippen molar-refractivity contribution < 1.29 is 33.5 Å². The van der Waals surface area contributed by atoms with Gasteiger partial charge in [-0.25, -0.2) is 23.2 Å². The number of hydrogen-bond donors (Lipinski definition) is 0. The molecule has 1 aromatic rings. The van der Waals surface area contributed by atoms with Crippen LogP contribution in [0.5, 0.6) is 0 Å². The van der Waals surface area contributed by atoms with Crippen LogP contribution in [0.25, 0.3) is 0 Å². The molecule has 1 rings (SSSR count). The van der Waals surface area contributed by atoms with Crippen molar-refractivity contribution in [2.24, 2.45) is 0 Å². The van der Waals surface area contributed by atoms with Crippen LogP contribution in [-0.2, 0) is 0 Å². The van der Waals surface area contributed by atoms with Gasteiger partial charge in [-0.2, -0.15) is 0 Å². The second-order valence-electron chi connectivity index (χ2n) is 3.82. The zero-order valence-corrected chi connectivity index (χ0v) is 11.1. The molecular weight excluding hydrogens is 246 g/mol. The summed E-state index contributed by atoms with van der Waals surface area (Å²) in [4.78, 5) is 0. The first kappa shape index (κ1) is 16.0. The third-order valence-corrected chi connectivity index (χ3v) is 2.02. The zero-order chi connectivity index (χ0) is 13.8. The normalized spacial score (nSPS) is 10.6. The summed E-state index contributed by atoms with van der Waals surface area (Å²) in [5.74, 6) is 0. The van der Waals surface area contributed by atoms with E-state index in [1.165, 1.54) is 22.4 Å². The Kier molecular flexibility index (Phi) is 5.74. The number of nitrogens with zero attached hydrogens (tertiary/aromatic N) is 1. The van der Waals surface area contributed by atoms with Crippen molar-refractivity contribution in [3.63, 3.8) is 0 Å². The maximum atomic E-state index is 8.49. The molecule has 17 heavy (non-hydrogen) atoms. The molecule has 0 spiro atoms. The predicted octanol–water partition coefficient (Wildman–Crippen LogP) is -2.17. The topological polar surface area (TPSA) is 95.2 Å². The number of aryl methyl sites for hydroxylation is 3. The largest absolute Gasteiger partial charge is 0.222 e. The molecule has 0 heterocycles. The summed E-state index contributed by atoms with van der Waals surface area (Å²) >= 11 is 0. The maximum absolute atomic E-state index is 8.49. The summed E-state index contributed by atoms with van der Waals surface area (Å²) in [5, 5.41) is 0. The van der Waals surface area contributed by atoms with E-state index in [2.05, 4.69) is 39.6 Å². The van der Waals surface area contributed by atoms with Crippen molar-refractivity contribution in [2.75, 3.05) is 7.05 Å². The first-order valence-electron chi connectivity index (χ1n) is 4.76. The summed E-state index contributed by atoms with van der Waals surface area (Å²) in [7, 11) is -2.97. The summed E-state index contributed by atoms with van der Waals surface area (Å²) in [5.41, 5.74) is 5.14. The van der Waals surface area contributed by atoms with E-state index in [0.717, 1.165) is 0 Å². The fourth-order valence-electron chi connectivity index (χ4n) is 1.77. The van der Waals surface area contributed by atoms with Crippen LogP contribution in [0.1, 0.15) is 16.7 Å². The SMILES string of the molecule is C=[N+](C)c1c(C)cc(C)cc1C.[O-][Cl+3]([O-])([O-])[O-]. The Morgan fingerprint density at radius 2 is 1.29 bits per heavy atom. The van der Waals surface area contributed by atoms with Crippen LogP contribution < -0.4 is 18.6 Å². The van der Waals surface area contributed by atoms with E-state index in [1.807, 2.05) is 11.6 Å². The Morgan fingerprint density at radius 1 is 1.00 bits per heavy atom. The van der Waals surface area contributed by atoms with Crippen LogP contribution in [0.2, 0.25) is 0 Å². The van der Waals surface area contributed by atoms with Crippen molar-refractivity contribution in [1.82, 2.24) is 0 Å². The number of benzene rings is 1. The minimum atomic E-state index is -4.94. The first-order chi connectivity index (χ1) is 7.52. The Hall–Kier alpha value is -0.980. The van der Waals surface area contributed by atoms with Gasteiger partial charge in [0.15, 0.2) is 0 Å². The zero-order valence-electron chi connectivity index (χ0n) is 10.3. The molecule has 0 saturated heterocycles. The second-order valence-corrected chi connectivity index (χ2v) is 4.58. The van der Waals surface area contributed by atoms with Crippen molar-refractivity contribution in [3.05, 3.63) is 28.8 Å². The highest BCUT2D eigenvalue weighted by molar-refractivity contribution is 5.49. The minimum absolute atomic E-state index is 1.24. The lowest BCUT2D eigenvalue weighted by Crippen LogP contribution is -2.68. The Morgan fingerprint density at radius 3 is 1.53 bits per heavy atom. The van der Waals surface area contributed by atoms with Gasteiger partial charge in [-0.05, 0) is 32.9 Å². The van der Waals surface area contributed by atoms with Crippen LogP contribution in [0, 0.1) is 31.0 Å². The molecule has 6 heteroatoms. The highest BCUT2D eigenvalue weighted by Crippen LogP contribution is 2.22. The summed E-state index contributed by atoms with van der Waals surface area (Å²) in [6, 6.07) is 4.37. The molecule has 96 valence electrons. The molecule has 0 N–H and O–H groups in total. The van der Waals surface area contributed by atoms with E-state index >= 15 is 0 Å². The lowest BCUT2D eigenvalue weighted by atomic mass is 10.1. The van der Waals surface area contributed by atoms with Crippen LogP contribution in [0.15, 0.2) is 12.1 Å². The van der Waals surface area contributed by atoms with Gasteiger partial charge in [0, 0.05) is 11.1 Å². The molecule has 0 aliphatic rings. The van der Waals surface area contributed by atoms with Crippen molar-refractivity contribution in [3.8, 4) is 0 Å². The molecular formula is C11H16ClNO4. The van der Waals surface area contributed by atoms with Gasteiger partial charge in [-0.3, -0.25) is 0 Å². The van der Waals surface area contributed by atoms with Gasteiger partial charge in [0.05, 0.1) is 0 Å². The van der Waals surface area contributed by atoms with E-state index < -0.39 is 10.2 Å². The van der Waals surface area contributed by atoms with Gasteiger partial charge in [0.1, 0.15) is 13.8 Å². The Labute approximate surface area is 103 Å². The van der Waals surface area contributed by atoms with Crippen LogP contribution >= 0.6 is 0 Å². The third-order valence-electron chi connectivity index (χ3n) is 2.02. The maximum Gasteiger partial charge on any atom is 0.210 e. The van der Waals surface area contributed by atoms with E-state index in [1.54, 1.807) is 0 Å². The molecule has 0 amide bonds. The average Bonchev–Trinajstić information content (AvgIpc) is 1.95.